The highest BCUT2D eigenvalue weighted by atomic mass is 16.2. The number of rotatable bonds is 3. The lowest BCUT2D eigenvalue weighted by Crippen LogP contribution is -2.43. The molecule has 0 aromatic heterocycles. The lowest BCUT2D eigenvalue weighted by Gasteiger charge is -2.22. The van der Waals surface area contributed by atoms with Gasteiger partial charge in [0.05, 0.1) is 6.04 Å². The van der Waals surface area contributed by atoms with E-state index in [1.807, 2.05) is 20.8 Å². The number of carbonyl (C=O) groups is 2. The van der Waals surface area contributed by atoms with Crippen LogP contribution < -0.4 is 5.32 Å². The molecule has 0 spiro atoms. The summed E-state index contributed by atoms with van der Waals surface area (Å²) < 4.78 is 0. The summed E-state index contributed by atoms with van der Waals surface area (Å²) in [5, 5.41) is 2.65. The lowest BCUT2D eigenvalue weighted by molar-refractivity contribution is -0.131. The van der Waals surface area contributed by atoms with E-state index in [0.29, 0.717) is 6.42 Å². The van der Waals surface area contributed by atoms with Crippen LogP contribution in [0.2, 0.25) is 0 Å². The molecule has 0 saturated heterocycles. The van der Waals surface area contributed by atoms with E-state index in [4.69, 9.17) is 0 Å². The molecule has 0 aromatic carbocycles. The SMILES string of the molecule is CCC(=O)NC(C)C(=O)C(C)(C)C. The van der Waals surface area contributed by atoms with Gasteiger partial charge in [0.1, 0.15) is 0 Å². The van der Waals surface area contributed by atoms with Crippen LogP contribution in [0.3, 0.4) is 0 Å². The normalized spacial score (nSPS) is 13.6. The van der Waals surface area contributed by atoms with Crippen molar-refractivity contribution in [3.8, 4) is 0 Å². The molecule has 0 aliphatic carbocycles. The van der Waals surface area contributed by atoms with Crippen molar-refractivity contribution in [2.24, 2.45) is 5.41 Å². The van der Waals surface area contributed by atoms with Crippen LogP contribution in [0.1, 0.15) is 41.0 Å². The van der Waals surface area contributed by atoms with Crippen LogP contribution in [0, 0.1) is 5.41 Å². The Bertz CT molecular complexity index is 203. The highest BCUT2D eigenvalue weighted by Gasteiger charge is 2.27. The number of carbonyl (C=O) groups excluding carboxylic acids is 2. The minimum Gasteiger partial charge on any atom is -0.347 e. The van der Waals surface area contributed by atoms with Crippen molar-refractivity contribution in [2.75, 3.05) is 0 Å². The van der Waals surface area contributed by atoms with Crippen LogP contribution in [0.5, 0.6) is 0 Å². The molecule has 1 amide bonds. The minimum absolute atomic E-state index is 0.0642. The van der Waals surface area contributed by atoms with Crippen molar-refractivity contribution in [1.82, 2.24) is 5.32 Å². The van der Waals surface area contributed by atoms with Gasteiger partial charge >= 0.3 is 0 Å². The topological polar surface area (TPSA) is 46.2 Å². The Morgan fingerprint density at radius 2 is 1.77 bits per heavy atom. The second-order valence-electron chi connectivity index (χ2n) is 4.26. The van der Waals surface area contributed by atoms with Gasteiger partial charge in [-0.05, 0) is 6.92 Å². The number of hydrogen-bond donors (Lipinski definition) is 1. The van der Waals surface area contributed by atoms with E-state index in [1.54, 1.807) is 13.8 Å². The molecule has 0 saturated carbocycles. The molecule has 0 aromatic rings. The molecule has 0 fully saturated rings. The molecule has 76 valence electrons. The number of hydrogen-bond acceptors (Lipinski definition) is 2. The first-order valence-electron chi connectivity index (χ1n) is 4.62. The van der Waals surface area contributed by atoms with Crippen molar-refractivity contribution >= 4 is 11.7 Å². The van der Waals surface area contributed by atoms with E-state index in [0.717, 1.165) is 0 Å². The Morgan fingerprint density at radius 3 is 2.08 bits per heavy atom. The Labute approximate surface area is 79.9 Å². The molecule has 13 heavy (non-hydrogen) atoms. The van der Waals surface area contributed by atoms with E-state index >= 15 is 0 Å². The van der Waals surface area contributed by atoms with Crippen LogP contribution in [-0.4, -0.2) is 17.7 Å². The van der Waals surface area contributed by atoms with Crippen LogP contribution >= 0.6 is 0 Å². The van der Waals surface area contributed by atoms with E-state index < -0.39 is 0 Å². The zero-order chi connectivity index (χ0) is 10.6. The maximum absolute atomic E-state index is 11.6. The molecule has 0 bridgehead atoms. The van der Waals surface area contributed by atoms with Gasteiger partial charge < -0.3 is 5.32 Å². The zero-order valence-corrected chi connectivity index (χ0v) is 9.10. The van der Waals surface area contributed by atoms with Crippen molar-refractivity contribution in [1.29, 1.82) is 0 Å². The summed E-state index contributed by atoms with van der Waals surface area (Å²) in [6.45, 7) is 9.04. The van der Waals surface area contributed by atoms with Gasteiger partial charge in [-0.25, -0.2) is 0 Å². The van der Waals surface area contributed by atoms with Crippen molar-refractivity contribution in [3.05, 3.63) is 0 Å². The molecular weight excluding hydrogens is 166 g/mol. The predicted octanol–water partition coefficient (Wildman–Crippen LogP) is 1.52. The Balaban J connectivity index is 4.20. The third-order valence-electron chi connectivity index (χ3n) is 1.83. The summed E-state index contributed by atoms with van der Waals surface area (Å²) in [5.41, 5.74) is -0.388. The molecule has 1 N–H and O–H groups in total. The van der Waals surface area contributed by atoms with E-state index in [1.165, 1.54) is 0 Å². The summed E-state index contributed by atoms with van der Waals surface area (Å²) in [4.78, 5) is 22.6. The summed E-state index contributed by atoms with van der Waals surface area (Å²) in [6.07, 6.45) is 0.418. The molecule has 0 radical (unpaired) electrons. The van der Waals surface area contributed by atoms with Gasteiger partial charge in [0.2, 0.25) is 5.91 Å². The highest BCUT2D eigenvalue weighted by molar-refractivity contribution is 5.91. The molecule has 0 heterocycles. The van der Waals surface area contributed by atoms with Gasteiger partial charge in [-0.1, -0.05) is 27.7 Å². The van der Waals surface area contributed by atoms with Gasteiger partial charge in [-0.15, -0.1) is 0 Å². The molecular formula is C10H19NO2. The third kappa shape index (κ3) is 4.06. The average Bonchev–Trinajstić information content (AvgIpc) is 2.01. The van der Waals surface area contributed by atoms with E-state index in [9.17, 15) is 9.59 Å². The first-order chi connectivity index (χ1) is 5.79. The van der Waals surface area contributed by atoms with Gasteiger partial charge in [0, 0.05) is 11.8 Å². The van der Waals surface area contributed by atoms with Gasteiger partial charge in [0.15, 0.2) is 5.78 Å². The molecule has 0 rings (SSSR count). The molecule has 3 heteroatoms. The second-order valence-corrected chi connectivity index (χ2v) is 4.26. The van der Waals surface area contributed by atoms with E-state index in [2.05, 4.69) is 5.32 Å². The zero-order valence-electron chi connectivity index (χ0n) is 9.10. The highest BCUT2D eigenvalue weighted by Crippen LogP contribution is 2.16. The Hall–Kier alpha value is -0.860. The molecule has 1 atom stereocenters. The van der Waals surface area contributed by atoms with Gasteiger partial charge in [-0.3, -0.25) is 9.59 Å². The van der Waals surface area contributed by atoms with Gasteiger partial charge in [0.25, 0.3) is 0 Å². The first kappa shape index (κ1) is 12.1. The number of nitrogens with one attached hydrogen (secondary N) is 1. The monoisotopic (exact) mass is 185 g/mol. The Kier molecular flexibility index (Phi) is 4.11. The molecule has 0 aliphatic rings. The molecule has 1 unspecified atom stereocenters. The van der Waals surface area contributed by atoms with Crippen molar-refractivity contribution in [2.45, 2.75) is 47.1 Å². The van der Waals surface area contributed by atoms with Crippen molar-refractivity contribution in [3.63, 3.8) is 0 Å². The van der Waals surface area contributed by atoms with Crippen LogP contribution in [0.4, 0.5) is 0 Å². The predicted molar refractivity (Wildman–Crippen MR) is 52.4 cm³/mol. The third-order valence-corrected chi connectivity index (χ3v) is 1.83. The maximum Gasteiger partial charge on any atom is 0.220 e. The minimum atomic E-state index is -0.388. The lowest BCUT2D eigenvalue weighted by atomic mass is 9.87. The molecule has 0 aliphatic heterocycles. The fraction of sp³-hybridized carbons (Fsp3) is 0.800. The maximum atomic E-state index is 11.6. The number of ketones is 1. The summed E-state index contributed by atoms with van der Waals surface area (Å²) in [5.74, 6) is -0.0144. The summed E-state index contributed by atoms with van der Waals surface area (Å²) in [6, 6.07) is -0.382. The van der Waals surface area contributed by atoms with Crippen LogP contribution in [0.25, 0.3) is 0 Å². The summed E-state index contributed by atoms with van der Waals surface area (Å²) in [7, 11) is 0. The fourth-order valence-electron chi connectivity index (χ4n) is 1.06. The van der Waals surface area contributed by atoms with Crippen molar-refractivity contribution < 1.29 is 9.59 Å². The largest absolute Gasteiger partial charge is 0.347 e. The fourth-order valence-corrected chi connectivity index (χ4v) is 1.06. The first-order valence-corrected chi connectivity index (χ1v) is 4.62. The smallest absolute Gasteiger partial charge is 0.220 e. The Morgan fingerprint density at radius 1 is 1.31 bits per heavy atom. The molecule has 3 nitrogen and oxygen atoms in total. The van der Waals surface area contributed by atoms with Gasteiger partial charge in [-0.2, -0.15) is 0 Å². The quantitative estimate of drug-likeness (QED) is 0.724. The number of amides is 1. The van der Waals surface area contributed by atoms with E-state index in [-0.39, 0.29) is 23.1 Å². The van der Waals surface area contributed by atoms with Crippen LogP contribution in [-0.2, 0) is 9.59 Å². The average molecular weight is 185 g/mol. The second kappa shape index (κ2) is 4.40. The summed E-state index contributed by atoms with van der Waals surface area (Å²) >= 11 is 0. The van der Waals surface area contributed by atoms with Crippen LogP contribution in [0.15, 0.2) is 0 Å². The standard InChI is InChI=1S/C10H19NO2/c1-6-8(12)11-7(2)9(13)10(3,4)5/h7H,6H2,1-5H3,(H,11,12). The number of Topliss-reactive ketones (excluding diaryl/α,β-unsaturated/α-hetero) is 1.